The maximum atomic E-state index is 14.6. The summed E-state index contributed by atoms with van der Waals surface area (Å²) in [6.07, 6.45) is 5.77. The van der Waals surface area contributed by atoms with Gasteiger partial charge in [-0.15, -0.1) is 0 Å². The minimum absolute atomic E-state index is 0.0357. The summed E-state index contributed by atoms with van der Waals surface area (Å²) in [7, 11) is 2.13. The predicted molar refractivity (Wildman–Crippen MR) is 127 cm³/mol. The van der Waals surface area contributed by atoms with Gasteiger partial charge in [0, 0.05) is 40.8 Å². The van der Waals surface area contributed by atoms with E-state index in [4.69, 9.17) is 0 Å². The van der Waals surface area contributed by atoms with E-state index in [-0.39, 0.29) is 34.7 Å². The van der Waals surface area contributed by atoms with Gasteiger partial charge in [0.05, 0.1) is 6.20 Å². The Morgan fingerprint density at radius 2 is 1.73 bits per heavy atom. The van der Waals surface area contributed by atoms with Gasteiger partial charge in [0.1, 0.15) is 5.82 Å². The van der Waals surface area contributed by atoms with Gasteiger partial charge in [-0.1, -0.05) is 12.1 Å². The molecule has 2 aromatic heterocycles. The molecule has 0 bridgehead atoms. The number of likely N-dealkylation sites (tertiary alicyclic amines) is 1. The number of halogens is 2. The van der Waals surface area contributed by atoms with Gasteiger partial charge in [-0.25, -0.2) is 13.8 Å². The first-order valence-corrected chi connectivity index (χ1v) is 11.1. The Bertz CT molecular complexity index is 1130. The zero-order valence-electron chi connectivity index (χ0n) is 19.7. The molecule has 174 valence electrons. The van der Waals surface area contributed by atoms with Crippen molar-refractivity contribution in [2.45, 2.75) is 57.7 Å². The van der Waals surface area contributed by atoms with Gasteiger partial charge in [-0.3, -0.25) is 9.88 Å². The summed E-state index contributed by atoms with van der Waals surface area (Å²) in [6, 6.07) is 8.59. The number of nitrogens with zero attached hydrogens (tertiary/aromatic N) is 4. The Morgan fingerprint density at radius 3 is 2.42 bits per heavy atom. The zero-order valence-corrected chi connectivity index (χ0v) is 19.7. The SMILES string of the molecule is CN1C(C)(C)CC(Nc2nc(Nc3cccc(-c4cnccc4F)c3)ncc2F)CC1(C)C. The molecule has 0 spiro atoms. The Labute approximate surface area is 193 Å². The molecule has 0 unspecified atom stereocenters. The first kappa shape index (κ1) is 23.0. The number of hydrogen-bond donors (Lipinski definition) is 2. The van der Waals surface area contributed by atoms with Crippen LogP contribution >= 0.6 is 0 Å². The zero-order chi connectivity index (χ0) is 23.8. The number of pyridine rings is 1. The van der Waals surface area contributed by atoms with Crippen LogP contribution in [0.15, 0.2) is 48.9 Å². The van der Waals surface area contributed by atoms with Crippen LogP contribution in [0.5, 0.6) is 0 Å². The maximum absolute atomic E-state index is 14.6. The van der Waals surface area contributed by atoms with E-state index in [1.165, 1.54) is 18.5 Å². The predicted octanol–water partition coefficient (Wildman–Crippen LogP) is 5.62. The van der Waals surface area contributed by atoms with Crippen LogP contribution in [0.25, 0.3) is 11.1 Å². The summed E-state index contributed by atoms with van der Waals surface area (Å²) < 4.78 is 28.7. The molecule has 0 aliphatic carbocycles. The summed E-state index contributed by atoms with van der Waals surface area (Å²) >= 11 is 0. The summed E-state index contributed by atoms with van der Waals surface area (Å²) in [5, 5.41) is 6.40. The van der Waals surface area contributed by atoms with E-state index in [1.807, 2.05) is 6.07 Å². The first-order chi connectivity index (χ1) is 15.5. The highest BCUT2D eigenvalue weighted by atomic mass is 19.1. The van der Waals surface area contributed by atoms with Gasteiger partial charge in [-0.2, -0.15) is 4.98 Å². The van der Waals surface area contributed by atoms with Crippen LogP contribution in [0.1, 0.15) is 40.5 Å². The molecule has 1 saturated heterocycles. The van der Waals surface area contributed by atoms with Crippen LogP contribution in [0.2, 0.25) is 0 Å². The van der Waals surface area contributed by atoms with Crippen LogP contribution in [0.4, 0.5) is 26.2 Å². The molecule has 1 aromatic carbocycles. The molecule has 2 N–H and O–H groups in total. The Hall–Kier alpha value is -3.13. The van der Waals surface area contributed by atoms with E-state index < -0.39 is 5.82 Å². The van der Waals surface area contributed by atoms with Crippen LogP contribution in [0, 0.1) is 11.6 Å². The van der Waals surface area contributed by atoms with E-state index in [0.29, 0.717) is 16.8 Å². The van der Waals surface area contributed by atoms with Crippen LogP contribution < -0.4 is 10.6 Å². The van der Waals surface area contributed by atoms with Gasteiger partial charge in [-0.05, 0) is 71.3 Å². The number of hydrogen-bond acceptors (Lipinski definition) is 6. The van der Waals surface area contributed by atoms with Crippen molar-refractivity contribution in [3.8, 4) is 11.1 Å². The molecule has 3 heterocycles. The lowest BCUT2D eigenvalue weighted by molar-refractivity contribution is -0.00778. The maximum Gasteiger partial charge on any atom is 0.229 e. The average Bonchev–Trinajstić information content (AvgIpc) is 2.74. The Morgan fingerprint density at radius 1 is 1.00 bits per heavy atom. The fourth-order valence-corrected chi connectivity index (χ4v) is 4.68. The second-order valence-corrected chi connectivity index (χ2v) is 9.88. The van der Waals surface area contributed by atoms with Crippen molar-refractivity contribution in [2.75, 3.05) is 17.7 Å². The number of benzene rings is 1. The summed E-state index contributed by atoms with van der Waals surface area (Å²) in [6.45, 7) is 8.79. The Balaban J connectivity index is 1.54. The summed E-state index contributed by atoms with van der Waals surface area (Å²) in [4.78, 5) is 14.8. The van der Waals surface area contributed by atoms with Crippen LogP contribution in [0.3, 0.4) is 0 Å². The minimum atomic E-state index is -0.499. The molecule has 3 aromatic rings. The smallest absolute Gasteiger partial charge is 0.229 e. The van der Waals surface area contributed by atoms with Crippen molar-refractivity contribution in [1.29, 1.82) is 0 Å². The first-order valence-electron chi connectivity index (χ1n) is 11.1. The van der Waals surface area contributed by atoms with E-state index >= 15 is 0 Å². The van der Waals surface area contributed by atoms with Crippen molar-refractivity contribution in [1.82, 2.24) is 19.9 Å². The lowest BCUT2D eigenvalue weighted by Gasteiger charge is -2.53. The number of rotatable bonds is 5. The fourth-order valence-electron chi connectivity index (χ4n) is 4.68. The molecule has 1 aliphatic heterocycles. The number of aromatic nitrogens is 3. The van der Waals surface area contributed by atoms with Crippen LogP contribution in [-0.2, 0) is 0 Å². The third-order valence-corrected chi connectivity index (χ3v) is 6.59. The molecule has 0 radical (unpaired) electrons. The molecular weight excluding hydrogens is 422 g/mol. The summed E-state index contributed by atoms with van der Waals surface area (Å²) in [5.74, 6) is -0.422. The molecule has 0 atom stereocenters. The Kier molecular flexibility index (Phi) is 6.05. The summed E-state index contributed by atoms with van der Waals surface area (Å²) in [5.41, 5.74) is 1.66. The third-order valence-electron chi connectivity index (χ3n) is 6.59. The lowest BCUT2D eigenvalue weighted by atomic mass is 9.77. The van der Waals surface area contributed by atoms with E-state index in [1.54, 1.807) is 18.2 Å². The molecular formula is C25H30F2N6. The standard InChI is InChI=1S/C25H30F2N6/c1-24(2)12-18(13-25(3,4)33(24)5)30-22-21(27)15-29-23(32-22)31-17-8-6-7-16(11-17)19-14-28-10-9-20(19)26/h6-11,14-15,18H,12-13H2,1-5H3,(H2,29,30,31,32). The van der Waals surface area contributed by atoms with E-state index in [2.05, 4.69) is 65.2 Å². The van der Waals surface area contributed by atoms with Gasteiger partial charge in [0.25, 0.3) is 0 Å². The highest BCUT2D eigenvalue weighted by Crippen LogP contribution is 2.38. The van der Waals surface area contributed by atoms with Gasteiger partial charge in [0.15, 0.2) is 11.6 Å². The van der Waals surface area contributed by atoms with Crippen LogP contribution in [-0.4, -0.2) is 44.0 Å². The monoisotopic (exact) mass is 452 g/mol. The van der Waals surface area contributed by atoms with Crippen molar-refractivity contribution in [2.24, 2.45) is 0 Å². The number of nitrogens with one attached hydrogen (secondary N) is 2. The van der Waals surface area contributed by atoms with Gasteiger partial charge < -0.3 is 10.6 Å². The lowest BCUT2D eigenvalue weighted by Crippen LogP contribution is -2.61. The third kappa shape index (κ3) is 4.95. The average molecular weight is 453 g/mol. The van der Waals surface area contributed by atoms with Crippen molar-refractivity contribution in [3.05, 3.63) is 60.6 Å². The number of anilines is 3. The highest BCUT2D eigenvalue weighted by molar-refractivity contribution is 5.69. The molecule has 6 nitrogen and oxygen atoms in total. The molecule has 8 heteroatoms. The van der Waals surface area contributed by atoms with Crippen molar-refractivity contribution < 1.29 is 8.78 Å². The second kappa shape index (κ2) is 8.67. The largest absolute Gasteiger partial charge is 0.365 e. The fraction of sp³-hybridized carbons (Fsp3) is 0.400. The van der Waals surface area contributed by atoms with Crippen molar-refractivity contribution >= 4 is 17.5 Å². The number of piperidine rings is 1. The second-order valence-electron chi connectivity index (χ2n) is 9.88. The van der Waals surface area contributed by atoms with E-state index in [9.17, 15) is 8.78 Å². The minimum Gasteiger partial charge on any atom is -0.365 e. The molecule has 1 aliphatic rings. The van der Waals surface area contributed by atoms with Gasteiger partial charge in [0.2, 0.25) is 5.95 Å². The molecule has 1 fully saturated rings. The highest BCUT2D eigenvalue weighted by Gasteiger charge is 2.43. The molecule has 0 amide bonds. The van der Waals surface area contributed by atoms with Crippen molar-refractivity contribution in [3.63, 3.8) is 0 Å². The quantitative estimate of drug-likeness (QED) is 0.524. The topological polar surface area (TPSA) is 66.0 Å². The molecule has 0 saturated carbocycles. The van der Waals surface area contributed by atoms with Gasteiger partial charge >= 0.3 is 0 Å². The normalized spacial score (nSPS) is 18.2. The van der Waals surface area contributed by atoms with E-state index in [0.717, 1.165) is 19.0 Å². The molecule has 4 rings (SSSR count). The molecule has 33 heavy (non-hydrogen) atoms.